The Bertz CT molecular complexity index is 363. The molecule has 1 rings (SSSR count). The van der Waals surface area contributed by atoms with Crippen molar-refractivity contribution in [2.24, 2.45) is 5.73 Å². The van der Waals surface area contributed by atoms with Gasteiger partial charge in [0.15, 0.2) is 0 Å². The fraction of sp³-hybridized carbons (Fsp3) is 0.600. The van der Waals surface area contributed by atoms with E-state index in [0.717, 1.165) is 17.4 Å². The van der Waals surface area contributed by atoms with Crippen LogP contribution >= 0.6 is 15.9 Å². The standard InChI is InChI=1S/C15H25BrN2/c1-5-10-18(11(2)3)15(12(4)17)13-8-6-7-9-14(13)16/h6-9,11-12,15H,5,10,17H2,1-4H3. The summed E-state index contributed by atoms with van der Waals surface area (Å²) < 4.78 is 1.15. The summed E-state index contributed by atoms with van der Waals surface area (Å²) in [7, 11) is 0. The lowest BCUT2D eigenvalue weighted by molar-refractivity contribution is 0.135. The van der Waals surface area contributed by atoms with E-state index in [9.17, 15) is 0 Å². The fourth-order valence-corrected chi connectivity index (χ4v) is 2.97. The third-order valence-corrected chi connectivity index (χ3v) is 3.95. The fourth-order valence-electron chi connectivity index (χ4n) is 2.46. The number of nitrogens with zero attached hydrogens (tertiary/aromatic N) is 1. The minimum Gasteiger partial charge on any atom is -0.326 e. The molecular weight excluding hydrogens is 288 g/mol. The number of hydrogen-bond donors (Lipinski definition) is 1. The molecule has 2 atom stereocenters. The molecule has 2 unspecified atom stereocenters. The molecule has 0 bridgehead atoms. The molecule has 0 radical (unpaired) electrons. The summed E-state index contributed by atoms with van der Waals surface area (Å²) in [6.45, 7) is 9.86. The molecule has 1 aromatic rings. The van der Waals surface area contributed by atoms with E-state index >= 15 is 0 Å². The first-order chi connectivity index (χ1) is 8.49. The molecular formula is C15H25BrN2. The topological polar surface area (TPSA) is 29.3 Å². The lowest BCUT2D eigenvalue weighted by Crippen LogP contribution is -2.43. The van der Waals surface area contributed by atoms with Crippen molar-refractivity contribution in [1.29, 1.82) is 0 Å². The SMILES string of the molecule is CCCN(C(C)C)C(c1ccccc1Br)C(C)N. The van der Waals surface area contributed by atoms with Crippen molar-refractivity contribution in [2.75, 3.05) is 6.54 Å². The van der Waals surface area contributed by atoms with E-state index in [0.29, 0.717) is 6.04 Å². The number of nitrogens with two attached hydrogens (primary N) is 1. The summed E-state index contributed by atoms with van der Waals surface area (Å²) in [4.78, 5) is 2.49. The second-order valence-electron chi connectivity index (χ2n) is 5.16. The highest BCUT2D eigenvalue weighted by atomic mass is 79.9. The van der Waals surface area contributed by atoms with Crippen molar-refractivity contribution in [3.05, 3.63) is 34.3 Å². The molecule has 0 spiro atoms. The molecule has 2 nitrogen and oxygen atoms in total. The monoisotopic (exact) mass is 312 g/mol. The van der Waals surface area contributed by atoms with E-state index in [4.69, 9.17) is 5.73 Å². The second kappa shape index (κ2) is 7.27. The summed E-state index contributed by atoms with van der Waals surface area (Å²) in [5.74, 6) is 0. The Hall–Kier alpha value is -0.380. The van der Waals surface area contributed by atoms with Gasteiger partial charge in [0.2, 0.25) is 0 Å². The summed E-state index contributed by atoms with van der Waals surface area (Å²) in [6.07, 6.45) is 1.14. The van der Waals surface area contributed by atoms with E-state index in [1.165, 1.54) is 5.56 Å². The predicted octanol–water partition coefficient (Wildman–Crippen LogP) is 3.96. The Morgan fingerprint density at radius 3 is 2.28 bits per heavy atom. The van der Waals surface area contributed by atoms with E-state index in [-0.39, 0.29) is 12.1 Å². The average molecular weight is 313 g/mol. The van der Waals surface area contributed by atoms with Crippen LogP contribution in [0.2, 0.25) is 0 Å². The van der Waals surface area contributed by atoms with Gasteiger partial charge in [-0.05, 0) is 45.4 Å². The van der Waals surface area contributed by atoms with Crippen molar-refractivity contribution in [3.63, 3.8) is 0 Å². The van der Waals surface area contributed by atoms with Crippen LogP contribution < -0.4 is 5.73 Å². The number of halogens is 1. The van der Waals surface area contributed by atoms with Crippen LogP contribution in [-0.2, 0) is 0 Å². The van der Waals surface area contributed by atoms with Crippen molar-refractivity contribution in [3.8, 4) is 0 Å². The second-order valence-corrected chi connectivity index (χ2v) is 6.01. The summed E-state index contributed by atoms with van der Waals surface area (Å²) in [5.41, 5.74) is 7.53. The van der Waals surface area contributed by atoms with Gasteiger partial charge in [-0.1, -0.05) is 41.1 Å². The van der Waals surface area contributed by atoms with Crippen molar-refractivity contribution >= 4 is 15.9 Å². The van der Waals surface area contributed by atoms with Crippen molar-refractivity contribution in [2.45, 2.75) is 52.2 Å². The van der Waals surface area contributed by atoms with Crippen LogP contribution in [-0.4, -0.2) is 23.5 Å². The van der Waals surface area contributed by atoms with Gasteiger partial charge in [-0.25, -0.2) is 0 Å². The molecule has 3 heteroatoms. The third kappa shape index (κ3) is 3.81. The zero-order valence-corrected chi connectivity index (χ0v) is 13.4. The van der Waals surface area contributed by atoms with E-state index < -0.39 is 0 Å². The first kappa shape index (κ1) is 15.7. The molecule has 0 fully saturated rings. The zero-order valence-electron chi connectivity index (χ0n) is 11.9. The predicted molar refractivity (Wildman–Crippen MR) is 82.7 cm³/mol. The molecule has 1 aromatic carbocycles. The molecule has 18 heavy (non-hydrogen) atoms. The van der Waals surface area contributed by atoms with Gasteiger partial charge >= 0.3 is 0 Å². The zero-order chi connectivity index (χ0) is 13.7. The Morgan fingerprint density at radius 1 is 1.22 bits per heavy atom. The highest BCUT2D eigenvalue weighted by Gasteiger charge is 2.26. The van der Waals surface area contributed by atoms with Crippen LogP contribution in [0, 0.1) is 0 Å². The quantitative estimate of drug-likeness (QED) is 0.861. The Kier molecular flexibility index (Phi) is 6.33. The van der Waals surface area contributed by atoms with Crippen molar-refractivity contribution in [1.82, 2.24) is 4.90 Å². The van der Waals surface area contributed by atoms with Crippen molar-refractivity contribution < 1.29 is 0 Å². The van der Waals surface area contributed by atoms with Gasteiger partial charge in [0.1, 0.15) is 0 Å². The van der Waals surface area contributed by atoms with Gasteiger partial charge in [-0.15, -0.1) is 0 Å². The maximum Gasteiger partial charge on any atom is 0.0510 e. The van der Waals surface area contributed by atoms with Gasteiger partial charge in [-0.2, -0.15) is 0 Å². The minimum absolute atomic E-state index is 0.109. The third-order valence-electron chi connectivity index (χ3n) is 3.22. The van der Waals surface area contributed by atoms with Gasteiger partial charge in [0.25, 0.3) is 0 Å². The lowest BCUT2D eigenvalue weighted by Gasteiger charge is -2.38. The lowest BCUT2D eigenvalue weighted by atomic mass is 9.97. The first-order valence-corrected chi connectivity index (χ1v) is 7.54. The minimum atomic E-state index is 0.109. The molecule has 0 amide bonds. The van der Waals surface area contributed by atoms with Crippen LogP contribution in [0.3, 0.4) is 0 Å². The van der Waals surface area contributed by atoms with Crippen LogP contribution in [0.1, 0.15) is 45.7 Å². The normalized spacial score (nSPS) is 15.1. The van der Waals surface area contributed by atoms with Crippen LogP contribution in [0.25, 0.3) is 0 Å². The highest BCUT2D eigenvalue weighted by Crippen LogP contribution is 2.31. The van der Waals surface area contributed by atoms with Crippen LogP contribution in [0.5, 0.6) is 0 Å². The number of rotatable bonds is 6. The molecule has 2 N–H and O–H groups in total. The molecule has 0 saturated heterocycles. The van der Waals surface area contributed by atoms with E-state index in [1.54, 1.807) is 0 Å². The van der Waals surface area contributed by atoms with Gasteiger partial charge in [0, 0.05) is 16.6 Å². The number of benzene rings is 1. The molecule has 0 saturated carbocycles. The molecule has 0 aliphatic carbocycles. The largest absolute Gasteiger partial charge is 0.326 e. The molecule has 0 heterocycles. The summed E-state index contributed by atoms with van der Waals surface area (Å²) in [5, 5.41) is 0. The maximum atomic E-state index is 6.24. The molecule has 102 valence electrons. The van der Waals surface area contributed by atoms with Gasteiger partial charge < -0.3 is 5.73 Å². The van der Waals surface area contributed by atoms with Gasteiger partial charge in [-0.3, -0.25) is 4.90 Å². The maximum absolute atomic E-state index is 6.24. The summed E-state index contributed by atoms with van der Waals surface area (Å²) in [6, 6.07) is 9.26. The number of hydrogen-bond acceptors (Lipinski definition) is 2. The van der Waals surface area contributed by atoms with E-state index in [1.807, 2.05) is 6.07 Å². The van der Waals surface area contributed by atoms with Crippen LogP contribution in [0.4, 0.5) is 0 Å². The Morgan fingerprint density at radius 2 is 1.83 bits per heavy atom. The smallest absolute Gasteiger partial charge is 0.0510 e. The summed E-state index contributed by atoms with van der Waals surface area (Å²) >= 11 is 3.65. The Labute approximate surface area is 120 Å². The average Bonchev–Trinajstić information content (AvgIpc) is 2.30. The Balaban J connectivity index is 3.12. The molecule has 0 aliphatic heterocycles. The first-order valence-electron chi connectivity index (χ1n) is 6.74. The van der Waals surface area contributed by atoms with Gasteiger partial charge in [0.05, 0.1) is 6.04 Å². The molecule has 0 aromatic heterocycles. The van der Waals surface area contributed by atoms with E-state index in [2.05, 4.69) is 66.7 Å². The molecule has 0 aliphatic rings. The highest BCUT2D eigenvalue weighted by molar-refractivity contribution is 9.10. The van der Waals surface area contributed by atoms with Crippen LogP contribution in [0.15, 0.2) is 28.7 Å².